The molecule has 7 nitrogen and oxygen atoms in total. The van der Waals surface area contributed by atoms with E-state index in [9.17, 15) is 9.59 Å². The Kier molecular flexibility index (Phi) is 6.89. The van der Waals surface area contributed by atoms with Crippen LogP contribution in [0, 0.1) is 34.5 Å². The van der Waals surface area contributed by atoms with Crippen LogP contribution >= 0.6 is 0 Å². The van der Waals surface area contributed by atoms with Gasteiger partial charge in [0.15, 0.2) is 0 Å². The highest BCUT2D eigenvalue weighted by Crippen LogP contribution is 2.66. The average molecular weight is 513 g/mol. The molecule has 0 spiro atoms. The van der Waals surface area contributed by atoms with Gasteiger partial charge in [-0.2, -0.15) is 0 Å². The third-order valence-electron chi connectivity index (χ3n) is 11.3. The largest absolute Gasteiger partial charge is 0.458 e. The van der Waals surface area contributed by atoms with Gasteiger partial charge in [0.05, 0.1) is 13.2 Å². The number of morpholine rings is 1. The zero-order chi connectivity index (χ0) is 25.6. The molecule has 0 bridgehead atoms. The normalized spacial score (nSPS) is 41.6. The van der Waals surface area contributed by atoms with E-state index < -0.39 is 0 Å². The van der Waals surface area contributed by atoms with E-state index in [4.69, 9.17) is 14.2 Å². The van der Waals surface area contributed by atoms with Gasteiger partial charge >= 0.3 is 12.1 Å². The molecule has 4 fully saturated rings. The first-order valence-electron chi connectivity index (χ1n) is 14.7. The number of carbonyl (C=O) groups is 2. The molecule has 1 N–H and O–H groups in total. The molecule has 37 heavy (non-hydrogen) atoms. The summed E-state index contributed by atoms with van der Waals surface area (Å²) in [5.41, 5.74) is 3.40. The summed E-state index contributed by atoms with van der Waals surface area (Å²) in [4.78, 5) is 26.6. The number of hydrogen-bond acceptors (Lipinski definition) is 6. The highest BCUT2D eigenvalue weighted by Gasteiger charge is 2.58. The summed E-state index contributed by atoms with van der Waals surface area (Å²) >= 11 is 0. The van der Waals surface area contributed by atoms with Crippen LogP contribution in [0.3, 0.4) is 0 Å². The molecule has 0 unspecified atom stereocenters. The van der Waals surface area contributed by atoms with Crippen LogP contribution in [0.5, 0.6) is 0 Å². The number of nitrogens with one attached hydrogen (secondary N) is 1. The number of allylic oxidation sites excluding steroid dienone is 2. The minimum atomic E-state index is -0.255. The van der Waals surface area contributed by atoms with E-state index in [1.54, 1.807) is 11.6 Å². The van der Waals surface area contributed by atoms with Crippen molar-refractivity contribution in [1.29, 1.82) is 0 Å². The van der Waals surface area contributed by atoms with Gasteiger partial charge in [-0.05, 0) is 91.4 Å². The third kappa shape index (κ3) is 4.64. The second-order valence-corrected chi connectivity index (χ2v) is 12.9. The molecule has 1 saturated heterocycles. The van der Waals surface area contributed by atoms with Crippen molar-refractivity contribution in [2.75, 3.05) is 46.1 Å². The van der Waals surface area contributed by atoms with Crippen LogP contribution in [0.25, 0.3) is 0 Å². The Bertz CT molecular complexity index is 971. The van der Waals surface area contributed by atoms with Crippen molar-refractivity contribution in [1.82, 2.24) is 10.2 Å². The topological polar surface area (TPSA) is 77.1 Å². The molecule has 6 rings (SSSR count). The van der Waals surface area contributed by atoms with Crippen LogP contribution in [-0.2, 0) is 19.0 Å². The Morgan fingerprint density at radius 2 is 2.00 bits per heavy atom. The molecule has 1 amide bonds. The highest BCUT2D eigenvalue weighted by atomic mass is 16.5. The van der Waals surface area contributed by atoms with E-state index in [2.05, 4.69) is 30.1 Å². The molecule has 2 heterocycles. The van der Waals surface area contributed by atoms with E-state index in [1.165, 1.54) is 37.7 Å². The number of rotatable bonds is 5. The summed E-state index contributed by atoms with van der Waals surface area (Å²) in [5.74, 6) is 2.31. The maximum absolute atomic E-state index is 12.5. The molecule has 0 aromatic rings. The molecule has 0 radical (unpaired) electrons. The molecule has 6 aliphatic rings. The van der Waals surface area contributed by atoms with Crippen molar-refractivity contribution >= 4 is 12.1 Å². The molecule has 3 saturated carbocycles. The first-order valence-corrected chi connectivity index (χ1v) is 14.7. The predicted octanol–water partition coefficient (Wildman–Crippen LogP) is 4.48. The minimum Gasteiger partial charge on any atom is -0.458 e. The zero-order valence-corrected chi connectivity index (χ0v) is 22.6. The molecule has 4 aliphatic carbocycles. The van der Waals surface area contributed by atoms with Gasteiger partial charge in [-0.3, -0.25) is 4.90 Å². The van der Waals surface area contributed by atoms with Crippen LogP contribution in [0.1, 0.15) is 65.2 Å². The van der Waals surface area contributed by atoms with Crippen LogP contribution < -0.4 is 5.32 Å². The Labute approximate surface area is 221 Å². The minimum absolute atomic E-state index is 0.167. The average Bonchev–Trinajstić information content (AvgIpc) is 3.47. The van der Waals surface area contributed by atoms with E-state index >= 15 is 0 Å². The Balaban J connectivity index is 1.04. The van der Waals surface area contributed by atoms with Crippen molar-refractivity contribution in [3.05, 3.63) is 23.3 Å². The Morgan fingerprint density at radius 3 is 2.78 bits per heavy atom. The molecule has 0 aromatic carbocycles. The summed E-state index contributed by atoms with van der Waals surface area (Å²) in [6, 6.07) is 0.223. The fraction of sp³-hybridized carbons (Fsp3) is 0.800. The lowest BCUT2D eigenvalue weighted by molar-refractivity contribution is -0.135. The number of hydrogen-bond donors (Lipinski definition) is 1. The third-order valence-corrected chi connectivity index (χ3v) is 11.3. The van der Waals surface area contributed by atoms with Gasteiger partial charge in [0, 0.05) is 31.8 Å². The van der Waals surface area contributed by atoms with Crippen LogP contribution in [0.2, 0.25) is 0 Å². The van der Waals surface area contributed by atoms with Gasteiger partial charge in [-0.15, -0.1) is 0 Å². The van der Waals surface area contributed by atoms with Gasteiger partial charge in [-0.1, -0.05) is 25.5 Å². The molecular formula is C30H44N2O5. The Morgan fingerprint density at radius 1 is 1.16 bits per heavy atom. The van der Waals surface area contributed by atoms with Crippen molar-refractivity contribution in [3.63, 3.8) is 0 Å². The van der Waals surface area contributed by atoms with Gasteiger partial charge in [0.25, 0.3) is 0 Å². The van der Waals surface area contributed by atoms with Crippen molar-refractivity contribution < 1.29 is 23.8 Å². The molecule has 204 valence electrons. The van der Waals surface area contributed by atoms with Crippen molar-refractivity contribution in [3.8, 4) is 0 Å². The predicted molar refractivity (Wildman–Crippen MR) is 140 cm³/mol. The number of carbonyl (C=O) groups excluding carboxylic acids is 2. The fourth-order valence-electron chi connectivity index (χ4n) is 9.17. The summed E-state index contributed by atoms with van der Waals surface area (Å²) in [7, 11) is 0. The van der Waals surface area contributed by atoms with Gasteiger partial charge in [-0.25, -0.2) is 9.59 Å². The number of nitrogens with zero attached hydrogens (tertiary/aromatic N) is 1. The lowest BCUT2D eigenvalue weighted by Crippen LogP contribution is -2.54. The van der Waals surface area contributed by atoms with Gasteiger partial charge in [0.2, 0.25) is 0 Å². The van der Waals surface area contributed by atoms with Gasteiger partial charge in [0.1, 0.15) is 13.2 Å². The van der Waals surface area contributed by atoms with E-state index in [1.807, 2.05) is 0 Å². The molecule has 0 aromatic heterocycles. The maximum Gasteiger partial charge on any atom is 0.407 e. The number of amides is 1. The maximum atomic E-state index is 12.5. The lowest BCUT2D eigenvalue weighted by Gasteiger charge is -2.60. The SMILES string of the molecule is C[C@]12CC[C@H](NC(=O)OCCN3CCOCC3)C[C@H]1CC[C@H]1C3=CC[C@H](C4=CC(=O)OC4)[C@@]3(C)CC[C@@H]12. The van der Waals surface area contributed by atoms with E-state index in [0.717, 1.165) is 58.0 Å². The van der Waals surface area contributed by atoms with Crippen molar-refractivity contribution in [2.45, 2.75) is 71.3 Å². The number of ether oxygens (including phenoxy) is 3. The summed E-state index contributed by atoms with van der Waals surface area (Å²) in [5, 5.41) is 3.20. The van der Waals surface area contributed by atoms with Gasteiger partial charge < -0.3 is 19.5 Å². The summed E-state index contributed by atoms with van der Waals surface area (Å²) < 4.78 is 16.2. The Hall–Kier alpha value is -1.86. The molecular weight excluding hydrogens is 468 g/mol. The van der Waals surface area contributed by atoms with E-state index in [-0.39, 0.29) is 23.5 Å². The second kappa shape index (κ2) is 10.0. The standard InChI is InChI=1S/C30H44N2O5/c1-29-9-7-22(31-28(34)36-16-13-32-11-14-35-15-12-32)18-21(29)3-4-23-25-6-5-24(20-17-27(33)37-19-20)30(25,2)10-8-26(23)29/h6,17,21-24,26H,3-5,7-16,18-19H2,1-2H3,(H,31,34)/t21-,22+,23+,24-,26+,29+,30-/m1/s1. The number of fused-ring (bicyclic) bond motifs is 5. The summed E-state index contributed by atoms with van der Waals surface area (Å²) in [6.45, 7) is 10.1. The number of esters is 1. The lowest BCUT2D eigenvalue weighted by atomic mass is 9.45. The number of alkyl carbamates (subject to hydrolysis) is 1. The van der Waals surface area contributed by atoms with Crippen LogP contribution in [-0.4, -0.2) is 69.1 Å². The van der Waals surface area contributed by atoms with Crippen LogP contribution in [0.15, 0.2) is 23.3 Å². The monoisotopic (exact) mass is 512 g/mol. The smallest absolute Gasteiger partial charge is 0.407 e. The molecule has 7 atom stereocenters. The first kappa shape index (κ1) is 25.4. The van der Waals surface area contributed by atoms with Crippen LogP contribution in [0.4, 0.5) is 4.79 Å². The van der Waals surface area contributed by atoms with E-state index in [0.29, 0.717) is 36.4 Å². The quantitative estimate of drug-likeness (QED) is 0.433. The second-order valence-electron chi connectivity index (χ2n) is 12.9. The highest BCUT2D eigenvalue weighted by molar-refractivity contribution is 5.85. The fourth-order valence-corrected chi connectivity index (χ4v) is 9.17. The van der Waals surface area contributed by atoms with Crippen molar-refractivity contribution in [2.24, 2.45) is 34.5 Å². The summed E-state index contributed by atoms with van der Waals surface area (Å²) in [6.07, 6.45) is 13.4. The molecule has 2 aliphatic heterocycles. The first-order chi connectivity index (χ1) is 17.9. The zero-order valence-electron chi connectivity index (χ0n) is 22.6. The molecule has 7 heteroatoms. The number of cyclic esters (lactones) is 1.